The van der Waals surface area contributed by atoms with Gasteiger partial charge in [0.2, 0.25) is 0 Å². The van der Waals surface area contributed by atoms with Gasteiger partial charge in [-0.2, -0.15) is 0 Å². The summed E-state index contributed by atoms with van der Waals surface area (Å²) < 4.78 is 5.54. The van der Waals surface area contributed by atoms with Crippen LogP contribution >= 0.6 is 35.0 Å². The van der Waals surface area contributed by atoms with Gasteiger partial charge in [-0.25, -0.2) is 9.78 Å². The molecule has 0 fully saturated rings. The predicted octanol–water partition coefficient (Wildman–Crippen LogP) is 4.98. The average molecular weight is 340 g/mol. The minimum Gasteiger partial charge on any atom is -0.478 e. The lowest BCUT2D eigenvalue weighted by molar-refractivity contribution is 0.0697. The SMILES string of the molecule is O=C(O)c1ccc2nc(Sc3cc(Cl)ccc3Cl)oc2c1. The van der Waals surface area contributed by atoms with Gasteiger partial charge >= 0.3 is 5.97 Å². The third kappa shape index (κ3) is 3.00. The van der Waals surface area contributed by atoms with Crippen molar-refractivity contribution >= 4 is 52.0 Å². The first-order chi connectivity index (χ1) is 10.0. The summed E-state index contributed by atoms with van der Waals surface area (Å²) in [5, 5.41) is 10.4. The molecule has 0 unspecified atom stereocenters. The Morgan fingerprint density at radius 2 is 2.00 bits per heavy atom. The molecule has 0 saturated carbocycles. The topological polar surface area (TPSA) is 63.3 Å². The highest BCUT2D eigenvalue weighted by Gasteiger charge is 2.12. The van der Waals surface area contributed by atoms with Crippen molar-refractivity contribution < 1.29 is 14.3 Å². The van der Waals surface area contributed by atoms with Crippen molar-refractivity contribution in [3.8, 4) is 0 Å². The van der Waals surface area contributed by atoms with E-state index in [0.717, 1.165) is 0 Å². The van der Waals surface area contributed by atoms with Crippen LogP contribution in [0.2, 0.25) is 10.0 Å². The van der Waals surface area contributed by atoms with Crippen molar-refractivity contribution in [3.05, 3.63) is 52.0 Å². The van der Waals surface area contributed by atoms with Crippen molar-refractivity contribution in [3.63, 3.8) is 0 Å². The molecule has 0 aliphatic rings. The Labute approximate surface area is 133 Å². The molecule has 1 heterocycles. The van der Waals surface area contributed by atoms with Gasteiger partial charge in [-0.15, -0.1) is 0 Å². The molecule has 21 heavy (non-hydrogen) atoms. The number of carbonyl (C=O) groups is 1. The Morgan fingerprint density at radius 1 is 1.19 bits per heavy atom. The highest BCUT2D eigenvalue weighted by molar-refractivity contribution is 7.99. The van der Waals surface area contributed by atoms with Crippen molar-refractivity contribution in [1.82, 2.24) is 4.98 Å². The summed E-state index contributed by atoms with van der Waals surface area (Å²) in [4.78, 5) is 15.9. The maximum Gasteiger partial charge on any atom is 0.335 e. The van der Waals surface area contributed by atoms with E-state index in [9.17, 15) is 4.79 Å². The Bertz CT molecular complexity index is 847. The van der Waals surface area contributed by atoms with Crippen molar-refractivity contribution in [2.24, 2.45) is 0 Å². The smallest absolute Gasteiger partial charge is 0.335 e. The summed E-state index contributed by atoms with van der Waals surface area (Å²) in [6.07, 6.45) is 0. The maximum atomic E-state index is 10.9. The molecule has 0 aliphatic carbocycles. The van der Waals surface area contributed by atoms with E-state index in [1.54, 1.807) is 24.3 Å². The highest BCUT2D eigenvalue weighted by atomic mass is 35.5. The zero-order valence-corrected chi connectivity index (χ0v) is 12.7. The zero-order valence-electron chi connectivity index (χ0n) is 10.3. The molecule has 106 valence electrons. The number of hydrogen-bond donors (Lipinski definition) is 1. The number of benzene rings is 2. The third-order valence-corrected chi connectivity index (χ3v) is 4.29. The van der Waals surface area contributed by atoms with E-state index in [1.807, 2.05) is 0 Å². The van der Waals surface area contributed by atoms with Gasteiger partial charge in [0.05, 0.1) is 10.6 Å². The van der Waals surface area contributed by atoms with E-state index < -0.39 is 5.97 Å². The fourth-order valence-corrected chi connectivity index (χ4v) is 3.01. The fourth-order valence-electron chi connectivity index (χ4n) is 1.73. The minimum absolute atomic E-state index is 0.149. The summed E-state index contributed by atoms with van der Waals surface area (Å²) >= 11 is 13.2. The van der Waals surface area contributed by atoms with Gasteiger partial charge in [0.25, 0.3) is 5.22 Å². The molecule has 0 amide bonds. The van der Waals surface area contributed by atoms with Gasteiger partial charge in [-0.05, 0) is 48.2 Å². The predicted molar refractivity (Wildman–Crippen MR) is 81.6 cm³/mol. The van der Waals surface area contributed by atoms with E-state index in [2.05, 4.69) is 4.98 Å². The van der Waals surface area contributed by atoms with Crippen LogP contribution in [-0.2, 0) is 0 Å². The number of carboxylic acids is 1. The lowest BCUT2D eigenvalue weighted by atomic mass is 10.2. The molecule has 3 rings (SSSR count). The molecule has 1 N–H and O–H groups in total. The minimum atomic E-state index is -1.01. The standard InChI is InChI=1S/C14H7Cl2NO3S/c15-8-2-3-9(16)12(6-8)21-14-17-10-4-1-7(13(18)19)5-11(10)20-14/h1-6H,(H,18,19). The molecular formula is C14H7Cl2NO3S. The van der Waals surface area contributed by atoms with Crippen LogP contribution in [0.3, 0.4) is 0 Å². The number of hydrogen-bond acceptors (Lipinski definition) is 4. The molecule has 4 nitrogen and oxygen atoms in total. The first-order valence-corrected chi connectivity index (χ1v) is 7.37. The Hall–Kier alpha value is -1.69. The fraction of sp³-hybridized carbons (Fsp3) is 0. The molecule has 0 aliphatic heterocycles. The number of oxazole rings is 1. The van der Waals surface area contributed by atoms with Crippen LogP contribution in [0.25, 0.3) is 11.1 Å². The van der Waals surface area contributed by atoms with Gasteiger partial charge in [0, 0.05) is 9.92 Å². The van der Waals surface area contributed by atoms with Crippen molar-refractivity contribution in [2.45, 2.75) is 10.1 Å². The molecule has 7 heteroatoms. The van der Waals surface area contributed by atoms with Crippen LogP contribution in [0.5, 0.6) is 0 Å². The molecule has 3 aromatic rings. The van der Waals surface area contributed by atoms with E-state index in [0.29, 0.717) is 31.3 Å². The molecule has 1 aromatic heterocycles. The van der Waals surface area contributed by atoms with E-state index in [1.165, 1.54) is 23.9 Å². The number of aromatic carboxylic acids is 1. The van der Waals surface area contributed by atoms with Crippen LogP contribution in [0.1, 0.15) is 10.4 Å². The summed E-state index contributed by atoms with van der Waals surface area (Å²) in [6.45, 7) is 0. The number of aromatic nitrogens is 1. The second-order valence-electron chi connectivity index (χ2n) is 4.14. The first-order valence-electron chi connectivity index (χ1n) is 5.80. The van der Waals surface area contributed by atoms with E-state index in [4.69, 9.17) is 32.7 Å². The Kier molecular flexibility index (Phi) is 3.80. The monoisotopic (exact) mass is 339 g/mol. The zero-order chi connectivity index (χ0) is 15.0. The van der Waals surface area contributed by atoms with Gasteiger partial charge in [0.15, 0.2) is 5.58 Å². The van der Waals surface area contributed by atoms with Crippen LogP contribution in [-0.4, -0.2) is 16.1 Å². The number of nitrogens with zero attached hydrogens (tertiary/aromatic N) is 1. The number of rotatable bonds is 3. The molecule has 0 saturated heterocycles. The van der Waals surface area contributed by atoms with Gasteiger partial charge in [-0.1, -0.05) is 23.2 Å². The number of halogens is 2. The lowest BCUT2D eigenvalue weighted by Crippen LogP contribution is -1.94. The molecule has 0 bridgehead atoms. The summed E-state index contributed by atoms with van der Waals surface area (Å²) in [6, 6.07) is 9.62. The lowest BCUT2D eigenvalue weighted by Gasteiger charge is -2.00. The highest BCUT2D eigenvalue weighted by Crippen LogP contribution is 2.36. The molecule has 0 atom stereocenters. The Morgan fingerprint density at radius 3 is 2.76 bits per heavy atom. The number of fused-ring (bicyclic) bond motifs is 1. The Balaban J connectivity index is 1.97. The van der Waals surface area contributed by atoms with Gasteiger partial charge < -0.3 is 9.52 Å². The van der Waals surface area contributed by atoms with Crippen molar-refractivity contribution in [2.75, 3.05) is 0 Å². The first kappa shape index (κ1) is 14.3. The van der Waals surface area contributed by atoms with Gasteiger partial charge in [0.1, 0.15) is 5.52 Å². The van der Waals surface area contributed by atoms with Crippen LogP contribution in [0.15, 0.2) is 50.9 Å². The molecule has 0 spiro atoms. The second kappa shape index (κ2) is 5.60. The largest absolute Gasteiger partial charge is 0.478 e. The molecule has 2 aromatic carbocycles. The normalized spacial score (nSPS) is 11.0. The summed E-state index contributed by atoms with van der Waals surface area (Å²) in [5.41, 5.74) is 1.15. The third-order valence-electron chi connectivity index (χ3n) is 2.71. The van der Waals surface area contributed by atoms with Crippen LogP contribution < -0.4 is 0 Å². The summed E-state index contributed by atoms with van der Waals surface area (Å²) in [5.74, 6) is -1.01. The van der Waals surface area contributed by atoms with Crippen LogP contribution in [0, 0.1) is 0 Å². The number of carboxylic acid groups (broad SMARTS) is 1. The molecule has 0 radical (unpaired) electrons. The van der Waals surface area contributed by atoms with Crippen LogP contribution in [0.4, 0.5) is 0 Å². The van der Waals surface area contributed by atoms with Gasteiger partial charge in [-0.3, -0.25) is 0 Å². The van der Waals surface area contributed by atoms with E-state index >= 15 is 0 Å². The van der Waals surface area contributed by atoms with E-state index in [-0.39, 0.29) is 5.56 Å². The van der Waals surface area contributed by atoms with Crippen molar-refractivity contribution in [1.29, 1.82) is 0 Å². The second-order valence-corrected chi connectivity index (χ2v) is 5.98. The average Bonchev–Trinajstić information content (AvgIpc) is 2.84. The molecular weight excluding hydrogens is 333 g/mol. The summed E-state index contributed by atoms with van der Waals surface area (Å²) in [7, 11) is 0. The maximum absolute atomic E-state index is 10.9. The quantitative estimate of drug-likeness (QED) is 0.728.